The highest BCUT2D eigenvalue weighted by molar-refractivity contribution is 5.83. The van der Waals surface area contributed by atoms with Crippen molar-refractivity contribution in [2.24, 2.45) is 11.3 Å². The second-order valence-corrected chi connectivity index (χ2v) is 6.58. The van der Waals surface area contributed by atoms with Gasteiger partial charge in [0.25, 0.3) is 0 Å². The quantitative estimate of drug-likeness (QED) is 0.811. The highest BCUT2D eigenvalue weighted by Crippen LogP contribution is 2.30. The SMILES string of the molecule is CC(C)C(=O)N1CCN(C(=O)C2(C)CCNCC2)CC1. The number of carbonyl (C=O) groups is 2. The van der Waals surface area contributed by atoms with Gasteiger partial charge in [0.2, 0.25) is 11.8 Å². The van der Waals surface area contributed by atoms with E-state index in [9.17, 15) is 9.59 Å². The molecular weight excluding hydrogens is 254 g/mol. The minimum absolute atomic E-state index is 0.0409. The molecule has 0 unspecified atom stereocenters. The molecule has 0 saturated carbocycles. The van der Waals surface area contributed by atoms with Crippen LogP contribution >= 0.6 is 0 Å². The molecule has 0 aromatic rings. The molecule has 2 rings (SSSR count). The van der Waals surface area contributed by atoms with Crippen LogP contribution in [0.2, 0.25) is 0 Å². The lowest BCUT2D eigenvalue weighted by Crippen LogP contribution is -2.55. The number of piperidine rings is 1. The lowest BCUT2D eigenvalue weighted by molar-refractivity contribution is -0.148. The Hall–Kier alpha value is -1.10. The van der Waals surface area contributed by atoms with Gasteiger partial charge >= 0.3 is 0 Å². The summed E-state index contributed by atoms with van der Waals surface area (Å²) in [6.07, 6.45) is 1.83. The lowest BCUT2D eigenvalue weighted by Gasteiger charge is -2.41. The van der Waals surface area contributed by atoms with Crippen LogP contribution in [0.15, 0.2) is 0 Å². The van der Waals surface area contributed by atoms with Gasteiger partial charge in [-0.1, -0.05) is 20.8 Å². The van der Waals surface area contributed by atoms with Crippen molar-refractivity contribution in [1.29, 1.82) is 0 Å². The number of nitrogens with one attached hydrogen (secondary N) is 1. The van der Waals surface area contributed by atoms with Crippen LogP contribution in [-0.4, -0.2) is 60.9 Å². The Morgan fingerprint density at radius 1 is 1.00 bits per heavy atom. The largest absolute Gasteiger partial charge is 0.339 e. The zero-order chi connectivity index (χ0) is 14.8. The van der Waals surface area contributed by atoms with Gasteiger partial charge in [0.15, 0.2) is 0 Å². The average Bonchev–Trinajstić information content (AvgIpc) is 2.46. The van der Waals surface area contributed by atoms with E-state index in [-0.39, 0.29) is 23.1 Å². The van der Waals surface area contributed by atoms with E-state index in [1.54, 1.807) is 0 Å². The predicted octanol–water partition coefficient (Wildman–Crippen LogP) is 0.703. The maximum atomic E-state index is 12.7. The molecule has 114 valence electrons. The van der Waals surface area contributed by atoms with Crippen LogP contribution in [0.4, 0.5) is 0 Å². The highest BCUT2D eigenvalue weighted by Gasteiger charge is 2.38. The topological polar surface area (TPSA) is 52.7 Å². The first-order valence-electron chi connectivity index (χ1n) is 7.73. The van der Waals surface area contributed by atoms with Crippen molar-refractivity contribution in [3.05, 3.63) is 0 Å². The lowest BCUT2D eigenvalue weighted by atomic mass is 9.79. The molecule has 20 heavy (non-hydrogen) atoms. The fourth-order valence-electron chi connectivity index (χ4n) is 3.07. The molecular formula is C15H27N3O2. The van der Waals surface area contributed by atoms with E-state index < -0.39 is 0 Å². The summed E-state index contributed by atoms with van der Waals surface area (Å²) in [5.41, 5.74) is -0.213. The minimum Gasteiger partial charge on any atom is -0.339 e. The molecule has 0 bridgehead atoms. The average molecular weight is 281 g/mol. The summed E-state index contributed by atoms with van der Waals surface area (Å²) in [5, 5.41) is 3.31. The third-order valence-corrected chi connectivity index (χ3v) is 4.60. The molecule has 5 nitrogen and oxygen atoms in total. The number of hydrogen-bond donors (Lipinski definition) is 1. The van der Waals surface area contributed by atoms with Gasteiger partial charge in [-0.25, -0.2) is 0 Å². The van der Waals surface area contributed by atoms with Crippen LogP contribution in [0.5, 0.6) is 0 Å². The first-order chi connectivity index (χ1) is 9.44. The fourth-order valence-corrected chi connectivity index (χ4v) is 3.07. The molecule has 0 aliphatic carbocycles. The highest BCUT2D eigenvalue weighted by atomic mass is 16.2. The number of piperazine rings is 1. The van der Waals surface area contributed by atoms with Crippen LogP contribution in [0.25, 0.3) is 0 Å². The Bertz CT molecular complexity index is 367. The van der Waals surface area contributed by atoms with Crippen molar-refractivity contribution in [2.45, 2.75) is 33.6 Å². The first-order valence-corrected chi connectivity index (χ1v) is 7.73. The van der Waals surface area contributed by atoms with Gasteiger partial charge in [0.1, 0.15) is 0 Å². The molecule has 2 fully saturated rings. The summed E-state index contributed by atoms with van der Waals surface area (Å²) in [6.45, 7) is 10.5. The maximum Gasteiger partial charge on any atom is 0.228 e. The van der Waals surface area contributed by atoms with E-state index in [2.05, 4.69) is 12.2 Å². The van der Waals surface area contributed by atoms with Crippen molar-refractivity contribution >= 4 is 11.8 Å². The second kappa shape index (κ2) is 6.12. The smallest absolute Gasteiger partial charge is 0.228 e. The molecule has 2 aliphatic rings. The Kier molecular flexibility index (Phi) is 4.68. The third kappa shape index (κ3) is 3.14. The molecule has 2 aliphatic heterocycles. The molecule has 0 atom stereocenters. The van der Waals surface area contributed by atoms with E-state index in [1.807, 2.05) is 23.6 Å². The van der Waals surface area contributed by atoms with Gasteiger partial charge in [-0.15, -0.1) is 0 Å². The molecule has 0 spiro atoms. The molecule has 2 heterocycles. The van der Waals surface area contributed by atoms with Crippen molar-refractivity contribution in [1.82, 2.24) is 15.1 Å². The molecule has 0 aromatic carbocycles. The molecule has 2 saturated heterocycles. The number of nitrogens with zero attached hydrogens (tertiary/aromatic N) is 2. The summed E-state index contributed by atoms with van der Waals surface area (Å²) >= 11 is 0. The van der Waals surface area contributed by atoms with Crippen molar-refractivity contribution in [3.63, 3.8) is 0 Å². The van der Waals surface area contributed by atoms with E-state index in [0.29, 0.717) is 26.2 Å². The van der Waals surface area contributed by atoms with Gasteiger partial charge in [-0.05, 0) is 25.9 Å². The normalized spacial score (nSPS) is 23.0. The minimum atomic E-state index is -0.213. The molecule has 5 heteroatoms. The summed E-state index contributed by atoms with van der Waals surface area (Å²) in [6, 6.07) is 0. The van der Waals surface area contributed by atoms with Crippen molar-refractivity contribution < 1.29 is 9.59 Å². The third-order valence-electron chi connectivity index (χ3n) is 4.60. The van der Waals surface area contributed by atoms with Crippen molar-refractivity contribution in [3.8, 4) is 0 Å². The van der Waals surface area contributed by atoms with Crippen LogP contribution in [0.3, 0.4) is 0 Å². The molecule has 1 N–H and O–H groups in total. The van der Waals surface area contributed by atoms with Gasteiger partial charge in [0.05, 0.1) is 0 Å². The Morgan fingerprint density at radius 3 is 2.00 bits per heavy atom. The summed E-state index contributed by atoms with van der Waals surface area (Å²) in [5.74, 6) is 0.514. The standard InChI is InChI=1S/C15H27N3O2/c1-12(2)13(19)17-8-10-18(11-9-17)14(20)15(3)4-6-16-7-5-15/h12,16H,4-11H2,1-3H3. The van der Waals surface area contributed by atoms with Crippen LogP contribution in [0.1, 0.15) is 33.6 Å². The van der Waals surface area contributed by atoms with E-state index in [1.165, 1.54) is 0 Å². The van der Waals surface area contributed by atoms with E-state index in [0.717, 1.165) is 25.9 Å². The summed E-state index contributed by atoms with van der Waals surface area (Å²) in [7, 11) is 0. The van der Waals surface area contributed by atoms with Gasteiger partial charge < -0.3 is 15.1 Å². The maximum absolute atomic E-state index is 12.7. The Balaban J connectivity index is 1.90. The fraction of sp³-hybridized carbons (Fsp3) is 0.867. The number of carbonyl (C=O) groups excluding carboxylic acids is 2. The van der Waals surface area contributed by atoms with Crippen molar-refractivity contribution in [2.75, 3.05) is 39.3 Å². The van der Waals surface area contributed by atoms with Gasteiger partial charge in [-0.3, -0.25) is 9.59 Å². The summed E-state index contributed by atoms with van der Waals surface area (Å²) < 4.78 is 0. The van der Waals surface area contributed by atoms with Crippen LogP contribution < -0.4 is 5.32 Å². The predicted molar refractivity (Wildman–Crippen MR) is 78.2 cm³/mol. The molecule has 2 amide bonds. The van der Waals surface area contributed by atoms with E-state index >= 15 is 0 Å². The Labute approximate surface area is 121 Å². The molecule has 0 aromatic heterocycles. The van der Waals surface area contributed by atoms with Gasteiger partial charge in [-0.2, -0.15) is 0 Å². The van der Waals surface area contributed by atoms with Crippen LogP contribution in [-0.2, 0) is 9.59 Å². The number of hydrogen-bond acceptors (Lipinski definition) is 3. The first kappa shape index (κ1) is 15.3. The second-order valence-electron chi connectivity index (χ2n) is 6.58. The summed E-state index contributed by atoms with van der Waals surface area (Å²) in [4.78, 5) is 28.5. The number of rotatable bonds is 2. The monoisotopic (exact) mass is 281 g/mol. The van der Waals surface area contributed by atoms with Gasteiger partial charge in [0, 0.05) is 37.5 Å². The van der Waals surface area contributed by atoms with E-state index in [4.69, 9.17) is 0 Å². The zero-order valence-electron chi connectivity index (χ0n) is 12.9. The molecule has 0 radical (unpaired) electrons. The zero-order valence-corrected chi connectivity index (χ0v) is 12.9. The van der Waals surface area contributed by atoms with Crippen LogP contribution in [0, 0.1) is 11.3 Å². The number of amides is 2. The Morgan fingerprint density at radius 2 is 1.50 bits per heavy atom.